The predicted molar refractivity (Wildman–Crippen MR) is 88.2 cm³/mol. The fourth-order valence-electron chi connectivity index (χ4n) is 2.21. The van der Waals surface area contributed by atoms with Crippen molar-refractivity contribution in [3.05, 3.63) is 77.5 Å². The zero-order valence-electron chi connectivity index (χ0n) is 12.8. The maximum absolute atomic E-state index is 12.6. The molecule has 0 fully saturated rings. The van der Waals surface area contributed by atoms with Crippen molar-refractivity contribution in [1.29, 1.82) is 0 Å². The van der Waals surface area contributed by atoms with Crippen molar-refractivity contribution in [2.24, 2.45) is 5.10 Å². The Labute approximate surface area is 141 Å². The summed E-state index contributed by atoms with van der Waals surface area (Å²) in [5.74, 6) is -0.547. The van der Waals surface area contributed by atoms with Crippen LogP contribution in [-0.2, 0) is 6.18 Å². The molecule has 3 aromatic rings. The normalized spacial score (nSPS) is 11.8. The van der Waals surface area contributed by atoms with Crippen LogP contribution in [0.25, 0.3) is 10.9 Å². The first-order chi connectivity index (χ1) is 11.9. The van der Waals surface area contributed by atoms with E-state index in [0.29, 0.717) is 5.52 Å². The Kier molecular flexibility index (Phi) is 4.47. The lowest BCUT2D eigenvalue weighted by Crippen LogP contribution is -2.19. The molecule has 0 atom stereocenters. The molecule has 1 N–H and O–H groups in total. The van der Waals surface area contributed by atoms with Crippen molar-refractivity contribution in [2.45, 2.75) is 6.18 Å². The monoisotopic (exact) mass is 343 g/mol. The van der Waals surface area contributed by atoms with Gasteiger partial charge < -0.3 is 0 Å². The number of benzene rings is 2. The van der Waals surface area contributed by atoms with Crippen LogP contribution in [0.3, 0.4) is 0 Å². The van der Waals surface area contributed by atoms with E-state index in [2.05, 4.69) is 15.5 Å². The lowest BCUT2D eigenvalue weighted by atomic mass is 10.1. The third kappa shape index (κ3) is 4.00. The summed E-state index contributed by atoms with van der Waals surface area (Å²) >= 11 is 0. The minimum atomic E-state index is -4.43. The highest BCUT2D eigenvalue weighted by atomic mass is 19.4. The Morgan fingerprint density at radius 1 is 1.04 bits per heavy atom. The zero-order chi connectivity index (χ0) is 17.9. The Morgan fingerprint density at radius 3 is 2.64 bits per heavy atom. The van der Waals surface area contributed by atoms with Gasteiger partial charge in [0.2, 0.25) is 0 Å². The molecule has 1 heterocycles. The highest BCUT2D eigenvalue weighted by Crippen LogP contribution is 2.29. The molecule has 0 aliphatic carbocycles. The Bertz CT molecular complexity index is 951. The number of aromatic nitrogens is 1. The number of hydrogen-bond acceptors (Lipinski definition) is 3. The van der Waals surface area contributed by atoms with Crippen molar-refractivity contribution in [2.75, 3.05) is 0 Å². The van der Waals surface area contributed by atoms with E-state index < -0.39 is 17.6 Å². The van der Waals surface area contributed by atoms with Crippen LogP contribution in [0.5, 0.6) is 0 Å². The largest absolute Gasteiger partial charge is 0.416 e. The number of rotatable bonds is 3. The van der Waals surface area contributed by atoms with Crippen LogP contribution in [0.4, 0.5) is 13.2 Å². The van der Waals surface area contributed by atoms with Gasteiger partial charge in [-0.1, -0.05) is 36.4 Å². The van der Waals surface area contributed by atoms with E-state index in [0.717, 1.165) is 23.7 Å². The molecule has 0 unspecified atom stereocenters. The molecule has 4 nitrogen and oxygen atoms in total. The van der Waals surface area contributed by atoms with Gasteiger partial charge in [0.15, 0.2) is 0 Å². The SMILES string of the molecule is O=C(NN=Cc1cccc(C(F)(F)F)c1)c1ccc2ccccc2n1. The van der Waals surface area contributed by atoms with Crippen molar-refractivity contribution >= 4 is 23.0 Å². The maximum atomic E-state index is 12.6. The summed E-state index contributed by atoms with van der Waals surface area (Å²) in [6, 6.07) is 15.3. The van der Waals surface area contributed by atoms with Gasteiger partial charge in [-0.25, -0.2) is 10.4 Å². The summed E-state index contributed by atoms with van der Waals surface area (Å²) in [5.41, 5.74) is 2.53. The highest BCUT2D eigenvalue weighted by molar-refractivity contribution is 5.95. The number of hydrogen-bond donors (Lipinski definition) is 1. The van der Waals surface area contributed by atoms with Crippen LogP contribution in [0.15, 0.2) is 65.8 Å². The number of alkyl halides is 3. The molecule has 3 rings (SSSR count). The third-order valence-electron chi connectivity index (χ3n) is 3.42. The quantitative estimate of drug-likeness (QED) is 0.577. The number of carbonyl (C=O) groups is 1. The maximum Gasteiger partial charge on any atom is 0.416 e. The molecule has 0 saturated carbocycles. The van der Waals surface area contributed by atoms with E-state index in [1.54, 1.807) is 18.2 Å². The first-order valence-corrected chi connectivity index (χ1v) is 7.30. The molecule has 1 amide bonds. The van der Waals surface area contributed by atoms with Crippen LogP contribution in [0, 0.1) is 0 Å². The van der Waals surface area contributed by atoms with Gasteiger partial charge in [0.05, 0.1) is 17.3 Å². The van der Waals surface area contributed by atoms with Crippen LogP contribution in [0.2, 0.25) is 0 Å². The standard InChI is InChI=1S/C18H12F3N3O/c19-18(20,21)14-6-3-4-12(10-14)11-22-24-17(25)16-9-8-13-5-1-2-7-15(13)23-16/h1-11H,(H,24,25). The smallest absolute Gasteiger partial charge is 0.266 e. The molecule has 0 spiro atoms. The molecule has 2 aromatic carbocycles. The van der Waals surface area contributed by atoms with Crippen LogP contribution in [-0.4, -0.2) is 17.1 Å². The van der Waals surface area contributed by atoms with Gasteiger partial charge in [0.1, 0.15) is 5.69 Å². The lowest BCUT2D eigenvalue weighted by Gasteiger charge is -2.06. The number of nitrogens with zero attached hydrogens (tertiary/aromatic N) is 2. The summed E-state index contributed by atoms with van der Waals surface area (Å²) in [7, 11) is 0. The van der Waals surface area contributed by atoms with Crippen LogP contribution < -0.4 is 5.43 Å². The van der Waals surface area contributed by atoms with Gasteiger partial charge >= 0.3 is 6.18 Å². The van der Waals surface area contributed by atoms with E-state index in [1.165, 1.54) is 12.1 Å². The second-order valence-corrected chi connectivity index (χ2v) is 5.21. The second-order valence-electron chi connectivity index (χ2n) is 5.21. The molecule has 0 aliphatic rings. The average molecular weight is 343 g/mol. The first kappa shape index (κ1) is 16.6. The number of para-hydroxylation sites is 1. The average Bonchev–Trinajstić information content (AvgIpc) is 2.61. The van der Waals surface area contributed by atoms with Crippen molar-refractivity contribution < 1.29 is 18.0 Å². The Hall–Kier alpha value is -3.22. The molecular weight excluding hydrogens is 331 g/mol. The van der Waals surface area contributed by atoms with Gasteiger partial charge in [-0.05, 0) is 29.8 Å². The highest BCUT2D eigenvalue weighted by Gasteiger charge is 2.30. The predicted octanol–water partition coefficient (Wildman–Crippen LogP) is 4.02. The number of pyridine rings is 1. The molecular formula is C18H12F3N3O. The van der Waals surface area contributed by atoms with Crippen molar-refractivity contribution in [3.63, 3.8) is 0 Å². The minimum Gasteiger partial charge on any atom is -0.266 e. The molecule has 0 saturated heterocycles. The number of hydrazone groups is 1. The van der Waals surface area contributed by atoms with Gasteiger partial charge in [0, 0.05) is 5.39 Å². The molecule has 1 aromatic heterocycles. The third-order valence-corrected chi connectivity index (χ3v) is 3.42. The summed E-state index contributed by atoms with van der Waals surface area (Å²) in [4.78, 5) is 16.2. The number of fused-ring (bicyclic) bond motifs is 1. The molecule has 0 bridgehead atoms. The number of nitrogens with one attached hydrogen (secondary N) is 1. The molecule has 7 heteroatoms. The van der Waals surface area contributed by atoms with Gasteiger partial charge in [-0.15, -0.1) is 0 Å². The fourth-order valence-corrected chi connectivity index (χ4v) is 2.21. The van der Waals surface area contributed by atoms with E-state index >= 15 is 0 Å². The summed E-state index contributed by atoms with van der Waals surface area (Å²) < 4.78 is 37.9. The van der Waals surface area contributed by atoms with Gasteiger partial charge in [-0.2, -0.15) is 18.3 Å². The topological polar surface area (TPSA) is 54.4 Å². The molecule has 25 heavy (non-hydrogen) atoms. The van der Waals surface area contributed by atoms with E-state index in [-0.39, 0.29) is 11.3 Å². The number of halogens is 3. The van der Waals surface area contributed by atoms with Gasteiger partial charge in [0.25, 0.3) is 5.91 Å². The van der Waals surface area contributed by atoms with Crippen LogP contribution in [0.1, 0.15) is 21.6 Å². The molecule has 0 radical (unpaired) electrons. The molecule has 0 aliphatic heterocycles. The number of carbonyl (C=O) groups excluding carboxylic acids is 1. The van der Waals surface area contributed by atoms with E-state index in [1.807, 2.05) is 18.2 Å². The Morgan fingerprint density at radius 2 is 1.84 bits per heavy atom. The Balaban J connectivity index is 1.72. The fraction of sp³-hybridized carbons (Fsp3) is 0.0556. The summed E-state index contributed by atoms with van der Waals surface area (Å²) in [6.45, 7) is 0. The van der Waals surface area contributed by atoms with Crippen LogP contribution >= 0.6 is 0 Å². The second kappa shape index (κ2) is 6.72. The first-order valence-electron chi connectivity index (χ1n) is 7.30. The minimum absolute atomic E-state index is 0.167. The van der Waals surface area contributed by atoms with Gasteiger partial charge in [-0.3, -0.25) is 4.79 Å². The summed E-state index contributed by atoms with van der Waals surface area (Å²) in [6.07, 6.45) is -3.28. The molecule has 126 valence electrons. The van der Waals surface area contributed by atoms with Crippen molar-refractivity contribution in [1.82, 2.24) is 10.4 Å². The number of amides is 1. The van der Waals surface area contributed by atoms with E-state index in [9.17, 15) is 18.0 Å². The van der Waals surface area contributed by atoms with Crippen molar-refractivity contribution in [3.8, 4) is 0 Å². The zero-order valence-corrected chi connectivity index (χ0v) is 12.8. The van der Waals surface area contributed by atoms with E-state index in [4.69, 9.17) is 0 Å². The lowest BCUT2D eigenvalue weighted by molar-refractivity contribution is -0.137. The summed E-state index contributed by atoms with van der Waals surface area (Å²) in [5, 5.41) is 4.58.